The molecule has 1 amide bonds. The minimum Gasteiger partial charge on any atom is -0.385 e. The van der Waals surface area contributed by atoms with Crippen LogP contribution in [-0.4, -0.2) is 24.4 Å². The van der Waals surface area contributed by atoms with Gasteiger partial charge in [-0.1, -0.05) is 12.1 Å². The maximum absolute atomic E-state index is 13.3. The van der Waals surface area contributed by atoms with Crippen molar-refractivity contribution >= 4 is 24.0 Å². The lowest BCUT2D eigenvalue weighted by atomic mass is 9.97. The van der Waals surface area contributed by atoms with Crippen LogP contribution in [0.4, 0.5) is 14.5 Å². The Morgan fingerprint density at radius 2 is 2.00 bits per heavy atom. The molecular weight excluding hydrogens is 334 g/mol. The van der Waals surface area contributed by atoms with Crippen LogP contribution in [0.3, 0.4) is 0 Å². The van der Waals surface area contributed by atoms with Crippen molar-refractivity contribution in [3.63, 3.8) is 0 Å². The predicted octanol–water partition coefficient (Wildman–Crippen LogP) is 4.02. The second-order valence-corrected chi connectivity index (χ2v) is 5.77. The third kappa shape index (κ3) is 3.67. The maximum atomic E-state index is 13.3. The molecule has 3 rings (SSSR count). The van der Waals surface area contributed by atoms with Crippen molar-refractivity contribution in [2.75, 3.05) is 18.9 Å². The SMILES string of the molecule is CN(Cc1ccc(F)c(F)c1)C(=O)c1cccc2c1CCCN2.Cl. The van der Waals surface area contributed by atoms with Gasteiger partial charge in [0.15, 0.2) is 11.6 Å². The lowest BCUT2D eigenvalue weighted by Gasteiger charge is -2.23. The fourth-order valence-corrected chi connectivity index (χ4v) is 2.90. The number of hydrogen-bond acceptors (Lipinski definition) is 2. The number of fused-ring (bicyclic) bond motifs is 1. The molecule has 24 heavy (non-hydrogen) atoms. The van der Waals surface area contributed by atoms with Gasteiger partial charge in [0, 0.05) is 31.4 Å². The summed E-state index contributed by atoms with van der Waals surface area (Å²) in [6, 6.07) is 9.34. The van der Waals surface area contributed by atoms with E-state index < -0.39 is 11.6 Å². The molecule has 0 fully saturated rings. The number of carbonyl (C=O) groups excluding carboxylic acids is 1. The quantitative estimate of drug-likeness (QED) is 0.905. The van der Waals surface area contributed by atoms with E-state index in [0.717, 1.165) is 42.8 Å². The van der Waals surface area contributed by atoms with E-state index in [1.807, 2.05) is 18.2 Å². The first-order chi connectivity index (χ1) is 11.1. The van der Waals surface area contributed by atoms with E-state index in [2.05, 4.69) is 5.32 Å². The van der Waals surface area contributed by atoms with Crippen LogP contribution < -0.4 is 5.32 Å². The minimum absolute atomic E-state index is 0. The third-order valence-corrected chi connectivity index (χ3v) is 4.08. The molecule has 0 aromatic heterocycles. The number of nitrogens with one attached hydrogen (secondary N) is 1. The summed E-state index contributed by atoms with van der Waals surface area (Å²) in [6.45, 7) is 1.14. The van der Waals surface area contributed by atoms with Crippen LogP contribution >= 0.6 is 12.4 Å². The van der Waals surface area contributed by atoms with Crippen LogP contribution in [-0.2, 0) is 13.0 Å². The normalized spacial score (nSPS) is 12.6. The van der Waals surface area contributed by atoms with E-state index >= 15 is 0 Å². The van der Waals surface area contributed by atoms with E-state index in [1.54, 1.807) is 7.05 Å². The molecule has 2 aromatic rings. The molecule has 0 saturated carbocycles. The largest absolute Gasteiger partial charge is 0.385 e. The van der Waals surface area contributed by atoms with Crippen molar-refractivity contribution in [1.29, 1.82) is 0 Å². The molecule has 2 aromatic carbocycles. The zero-order chi connectivity index (χ0) is 16.4. The Balaban J connectivity index is 0.00000208. The Morgan fingerprint density at radius 1 is 1.21 bits per heavy atom. The number of hydrogen-bond donors (Lipinski definition) is 1. The summed E-state index contributed by atoms with van der Waals surface area (Å²) in [5.74, 6) is -1.90. The number of anilines is 1. The first kappa shape index (κ1) is 18.2. The zero-order valence-corrected chi connectivity index (χ0v) is 14.1. The van der Waals surface area contributed by atoms with Gasteiger partial charge in [-0.05, 0) is 48.2 Å². The Kier molecular flexibility index (Phi) is 5.78. The minimum atomic E-state index is -0.898. The number of nitrogens with zero attached hydrogens (tertiary/aromatic N) is 1. The highest BCUT2D eigenvalue weighted by atomic mass is 35.5. The topological polar surface area (TPSA) is 32.3 Å². The van der Waals surface area contributed by atoms with Crippen LogP contribution in [0.15, 0.2) is 36.4 Å². The molecule has 0 unspecified atom stereocenters. The van der Waals surface area contributed by atoms with Crippen LogP contribution in [0.5, 0.6) is 0 Å². The fraction of sp³-hybridized carbons (Fsp3) is 0.278. The molecule has 1 N–H and O–H groups in total. The van der Waals surface area contributed by atoms with Gasteiger partial charge in [-0.3, -0.25) is 4.79 Å². The van der Waals surface area contributed by atoms with Gasteiger partial charge in [-0.2, -0.15) is 0 Å². The van der Waals surface area contributed by atoms with Gasteiger partial charge in [0.2, 0.25) is 0 Å². The van der Waals surface area contributed by atoms with Gasteiger partial charge >= 0.3 is 0 Å². The van der Waals surface area contributed by atoms with E-state index in [1.165, 1.54) is 11.0 Å². The number of carbonyl (C=O) groups is 1. The molecule has 6 heteroatoms. The van der Waals surface area contributed by atoms with Crippen LogP contribution in [0.1, 0.15) is 27.9 Å². The van der Waals surface area contributed by atoms with Crippen LogP contribution in [0.25, 0.3) is 0 Å². The van der Waals surface area contributed by atoms with E-state index in [-0.39, 0.29) is 24.9 Å². The molecular formula is C18H19ClF2N2O. The van der Waals surface area contributed by atoms with E-state index in [4.69, 9.17) is 0 Å². The Morgan fingerprint density at radius 3 is 2.75 bits per heavy atom. The monoisotopic (exact) mass is 352 g/mol. The van der Waals surface area contributed by atoms with Crippen molar-refractivity contribution in [2.24, 2.45) is 0 Å². The molecule has 0 spiro atoms. The van der Waals surface area contributed by atoms with Crippen LogP contribution in [0.2, 0.25) is 0 Å². The second kappa shape index (κ2) is 7.62. The zero-order valence-electron chi connectivity index (χ0n) is 13.3. The molecule has 0 atom stereocenters. The van der Waals surface area contributed by atoms with E-state index in [9.17, 15) is 13.6 Å². The van der Waals surface area contributed by atoms with Gasteiger partial charge in [0.1, 0.15) is 0 Å². The number of amides is 1. The molecule has 1 heterocycles. The summed E-state index contributed by atoms with van der Waals surface area (Å²) >= 11 is 0. The highest BCUT2D eigenvalue weighted by Gasteiger charge is 2.20. The van der Waals surface area contributed by atoms with Crippen molar-refractivity contribution < 1.29 is 13.6 Å². The van der Waals surface area contributed by atoms with Crippen molar-refractivity contribution in [3.8, 4) is 0 Å². The molecule has 0 aliphatic carbocycles. The summed E-state index contributed by atoms with van der Waals surface area (Å²) in [6.07, 6.45) is 1.85. The lowest BCUT2D eigenvalue weighted by molar-refractivity contribution is 0.0784. The fourth-order valence-electron chi connectivity index (χ4n) is 2.90. The second-order valence-electron chi connectivity index (χ2n) is 5.77. The van der Waals surface area contributed by atoms with E-state index in [0.29, 0.717) is 11.1 Å². The molecule has 128 valence electrons. The van der Waals surface area contributed by atoms with Gasteiger partial charge in [-0.25, -0.2) is 8.78 Å². The summed E-state index contributed by atoms with van der Waals surface area (Å²) in [5, 5.41) is 3.30. The Labute approximate surface area is 146 Å². The number of benzene rings is 2. The summed E-state index contributed by atoms with van der Waals surface area (Å²) < 4.78 is 26.3. The first-order valence-electron chi connectivity index (χ1n) is 7.61. The van der Waals surface area contributed by atoms with Crippen LogP contribution in [0, 0.1) is 11.6 Å². The molecule has 0 saturated heterocycles. The maximum Gasteiger partial charge on any atom is 0.254 e. The highest BCUT2D eigenvalue weighted by Crippen LogP contribution is 2.26. The number of halogens is 3. The highest BCUT2D eigenvalue weighted by molar-refractivity contribution is 5.97. The number of rotatable bonds is 3. The van der Waals surface area contributed by atoms with Gasteiger partial charge < -0.3 is 10.2 Å². The van der Waals surface area contributed by atoms with Gasteiger partial charge in [-0.15, -0.1) is 12.4 Å². The van der Waals surface area contributed by atoms with Crippen molar-refractivity contribution in [3.05, 3.63) is 64.7 Å². The average Bonchev–Trinajstić information content (AvgIpc) is 2.57. The van der Waals surface area contributed by atoms with Crippen molar-refractivity contribution in [1.82, 2.24) is 4.90 Å². The lowest BCUT2D eigenvalue weighted by Crippen LogP contribution is -2.28. The molecule has 3 nitrogen and oxygen atoms in total. The summed E-state index contributed by atoms with van der Waals surface area (Å²) in [5.41, 5.74) is 3.26. The third-order valence-electron chi connectivity index (χ3n) is 4.08. The molecule has 1 aliphatic rings. The predicted molar refractivity (Wildman–Crippen MR) is 92.7 cm³/mol. The Hall–Kier alpha value is -2.14. The standard InChI is InChI=1S/C18H18F2N2O.ClH/c1-22(11-12-7-8-15(19)16(20)10-12)18(23)14-4-2-6-17-13(14)5-3-9-21-17;/h2,4,6-8,10,21H,3,5,9,11H2,1H3;1H. The van der Waals surface area contributed by atoms with Gasteiger partial charge in [0.25, 0.3) is 5.91 Å². The average molecular weight is 353 g/mol. The van der Waals surface area contributed by atoms with Crippen molar-refractivity contribution in [2.45, 2.75) is 19.4 Å². The molecule has 0 radical (unpaired) electrons. The summed E-state index contributed by atoms with van der Waals surface area (Å²) in [7, 11) is 1.67. The Bertz CT molecular complexity index is 752. The molecule has 1 aliphatic heterocycles. The smallest absolute Gasteiger partial charge is 0.254 e. The molecule has 0 bridgehead atoms. The summed E-state index contributed by atoms with van der Waals surface area (Å²) in [4.78, 5) is 14.2. The van der Waals surface area contributed by atoms with Gasteiger partial charge in [0.05, 0.1) is 0 Å². The first-order valence-corrected chi connectivity index (χ1v) is 7.61.